The van der Waals surface area contributed by atoms with Crippen LogP contribution in [0.1, 0.15) is 34.6 Å². The number of carbonyl (C=O) groups is 1. The Labute approximate surface area is 89.6 Å². The van der Waals surface area contributed by atoms with Crippen molar-refractivity contribution in [2.45, 2.75) is 58.1 Å². The minimum absolute atomic E-state index is 0.323. The highest BCUT2D eigenvalue weighted by Gasteiger charge is 2.53. The fourth-order valence-corrected chi connectivity index (χ4v) is 2.36. The molecule has 0 aliphatic carbocycles. The van der Waals surface area contributed by atoms with Gasteiger partial charge in [0.25, 0.3) is 0 Å². The molecule has 1 aliphatic heterocycles. The van der Waals surface area contributed by atoms with E-state index in [1.807, 2.05) is 0 Å². The highest BCUT2D eigenvalue weighted by atomic mass is 16.6. The van der Waals surface area contributed by atoms with Crippen molar-refractivity contribution in [3.8, 4) is 0 Å². The Balaban J connectivity index is 3.09. The number of nitrogens with zero attached hydrogens (tertiary/aromatic N) is 1. The summed E-state index contributed by atoms with van der Waals surface area (Å²) >= 11 is 0. The molecule has 1 amide bonds. The maximum atomic E-state index is 11.2. The van der Waals surface area contributed by atoms with Gasteiger partial charge >= 0.3 is 6.09 Å². The van der Waals surface area contributed by atoms with Crippen LogP contribution in [0, 0.1) is 0 Å². The molecule has 5 heteroatoms. The van der Waals surface area contributed by atoms with Gasteiger partial charge in [-0.3, -0.25) is 4.90 Å². The first-order chi connectivity index (χ1) is 6.57. The Morgan fingerprint density at radius 2 is 1.93 bits per heavy atom. The van der Waals surface area contributed by atoms with Crippen LogP contribution in [0.5, 0.6) is 0 Å². The summed E-state index contributed by atoms with van der Waals surface area (Å²) in [6, 6.07) is -0.551. The monoisotopic (exact) mass is 217 g/mol. The highest BCUT2D eigenvalue weighted by molar-refractivity contribution is 5.67. The predicted octanol–water partition coefficient (Wildman–Crippen LogP) is 1.26. The van der Waals surface area contributed by atoms with Crippen molar-refractivity contribution in [1.29, 1.82) is 0 Å². The van der Waals surface area contributed by atoms with Gasteiger partial charge in [-0.15, -0.1) is 0 Å². The van der Waals surface area contributed by atoms with Crippen LogP contribution in [0.25, 0.3) is 0 Å². The second kappa shape index (κ2) is 3.35. The van der Waals surface area contributed by atoms with Crippen molar-refractivity contribution in [3.05, 3.63) is 0 Å². The molecule has 15 heavy (non-hydrogen) atoms. The average Bonchev–Trinajstić information content (AvgIpc) is 2.17. The third-order valence-electron chi connectivity index (χ3n) is 2.71. The number of ether oxygens (including phenoxy) is 1. The summed E-state index contributed by atoms with van der Waals surface area (Å²) in [6.07, 6.45) is -1.40. The second-order valence-corrected chi connectivity index (χ2v) is 5.02. The Hall–Kier alpha value is -0.810. The molecule has 0 spiro atoms. The van der Waals surface area contributed by atoms with Crippen molar-refractivity contribution in [1.82, 2.24) is 4.90 Å². The fourth-order valence-electron chi connectivity index (χ4n) is 2.36. The fraction of sp³-hybridized carbons (Fsp3) is 0.900. The number of rotatable bonds is 1. The summed E-state index contributed by atoms with van der Waals surface area (Å²) in [5, 5.41) is 19.1. The molecule has 1 fully saturated rings. The minimum atomic E-state index is -1.12. The molecule has 2 atom stereocenters. The second-order valence-electron chi connectivity index (χ2n) is 5.02. The first kappa shape index (κ1) is 12.3. The van der Waals surface area contributed by atoms with E-state index in [9.17, 15) is 9.90 Å². The van der Waals surface area contributed by atoms with Gasteiger partial charge in [-0.1, -0.05) is 0 Å². The van der Waals surface area contributed by atoms with Gasteiger partial charge in [0.2, 0.25) is 0 Å². The normalized spacial score (nSPS) is 30.7. The van der Waals surface area contributed by atoms with Crippen LogP contribution in [0.3, 0.4) is 0 Å². The Morgan fingerprint density at radius 1 is 1.47 bits per heavy atom. The van der Waals surface area contributed by atoms with Crippen LogP contribution in [-0.2, 0) is 4.74 Å². The molecular weight excluding hydrogens is 198 g/mol. The number of carboxylic acid groups (broad SMARTS) is 1. The van der Waals surface area contributed by atoms with Crippen LogP contribution < -0.4 is 0 Å². The van der Waals surface area contributed by atoms with Crippen LogP contribution >= 0.6 is 0 Å². The molecule has 0 saturated carbocycles. The molecule has 0 unspecified atom stereocenters. The first-order valence-electron chi connectivity index (χ1n) is 5.00. The minimum Gasteiger partial charge on any atom is -0.465 e. The van der Waals surface area contributed by atoms with E-state index in [1.54, 1.807) is 34.6 Å². The summed E-state index contributed by atoms with van der Waals surface area (Å²) in [6.45, 7) is 8.32. The zero-order valence-corrected chi connectivity index (χ0v) is 9.81. The lowest BCUT2D eigenvalue weighted by molar-refractivity contribution is -0.0646. The van der Waals surface area contributed by atoms with E-state index >= 15 is 0 Å². The van der Waals surface area contributed by atoms with Gasteiger partial charge in [-0.05, 0) is 34.6 Å². The van der Waals surface area contributed by atoms with Gasteiger partial charge in [0.15, 0.2) is 0 Å². The zero-order valence-electron chi connectivity index (χ0n) is 9.81. The van der Waals surface area contributed by atoms with E-state index in [1.165, 1.54) is 4.90 Å². The summed E-state index contributed by atoms with van der Waals surface area (Å²) in [4.78, 5) is 12.3. The zero-order chi connectivity index (χ0) is 12.0. The molecule has 1 heterocycles. The van der Waals surface area contributed by atoms with Crippen LogP contribution in [-0.4, -0.2) is 44.7 Å². The van der Waals surface area contributed by atoms with E-state index in [4.69, 9.17) is 9.84 Å². The summed E-state index contributed by atoms with van der Waals surface area (Å²) in [7, 11) is 0. The third-order valence-corrected chi connectivity index (χ3v) is 2.71. The van der Waals surface area contributed by atoms with Crippen molar-refractivity contribution in [3.63, 3.8) is 0 Å². The summed E-state index contributed by atoms with van der Waals surface area (Å²) in [5.41, 5.74) is -2.01. The van der Waals surface area contributed by atoms with Gasteiger partial charge in [-0.2, -0.15) is 0 Å². The highest BCUT2D eigenvalue weighted by Crippen LogP contribution is 2.36. The number of amides is 1. The van der Waals surface area contributed by atoms with Crippen molar-refractivity contribution >= 4 is 6.09 Å². The Bertz CT molecular complexity index is 269. The summed E-state index contributed by atoms with van der Waals surface area (Å²) in [5.74, 6) is 0. The third kappa shape index (κ3) is 2.08. The van der Waals surface area contributed by atoms with E-state index in [2.05, 4.69) is 0 Å². The van der Waals surface area contributed by atoms with Crippen molar-refractivity contribution in [2.75, 3.05) is 0 Å². The molecule has 88 valence electrons. The van der Waals surface area contributed by atoms with E-state index in [-0.39, 0.29) is 6.10 Å². The lowest BCUT2D eigenvalue weighted by Crippen LogP contribution is -2.56. The van der Waals surface area contributed by atoms with E-state index in [0.29, 0.717) is 0 Å². The van der Waals surface area contributed by atoms with Gasteiger partial charge in [-0.25, -0.2) is 4.79 Å². The number of hydrogen-bond donors (Lipinski definition) is 2. The number of aliphatic hydroxyl groups is 1. The van der Waals surface area contributed by atoms with Crippen LogP contribution in [0.4, 0.5) is 4.79 Å². The molecule has 1 aliphatic rings. The van der Waals surface area contributed by atoms with E-state index in [0.717, 1.165) is 0 Å². The standard InChI is InChI=1S/C10H19NO4/c1-6-7(9(2,3)14)11(8(12)13)10(4,5)15-6/h6-7,14H,1-5H3,(H,12,13)/t6-,7+/m0/s1. The van der Waals surface area contributed by atoms with E-state index < -0.39 is 23.5 Å². The molecule has 0 aromatic carbocycles. The molecule has 2 N–H and O–H groups in total. The topological polar surface area (TPSA) is 70.0 Å². The lowest BCUT2D eigenvalue weighted by atomic mass is 9.93. The van der Waals surface area contributed by atoms with Crippen molar-refractivity contribution in [2.24, 2.45) is 0 Å². The molecular formula is C10H19NO4. The Morgan fingerprint density at radius 3 is 2.20 bits per heavy atom. The van der Waals surface area contributed by atoms with Gasteiger partial charge in [0.1, 0.15) is 5.72 Å². The predicted molar refractivity (Wildman–Crippen MR) is 54.6 cm³/mol. The quantitative estimate of drug-likeness (QED) is 0.693. The molecule has 1 saturated heterocycles. The molecule has 0 radical (unpaired) electrons. The maximum Gasteiger partial charge on any atom is 0.410 e. The maximum absolute atomic E-state index is 11.2. The molecule has 5 nitrogen and oxygen atoms in total. The molecule has 0 aromatic heterocycles. The largest absolute Gasteiger partial charge is 0.465 e. The first-order valence-corrected chi connectivity index (χ1v) is 5.00. The van der Waals surface area contributed by atoms with Gasteiger partial charge in [0, 0.05) is 0 Å². The van der Waals surface area contributed by atoms with Crippen LogP contribution in [0.2, 0.25) is 0 Å². The van der Waals surface area contributed by atoms with Crippen LogP contribution in [0.15, 0.2) is 0 Å². The Kier molecular flexibility index (Phi) is 2.74. The van der Waals surface area contributed by atoms with Gasteiger partial charge < -0.3 is 14.9 Å². The number of hydrogen-bond acceptors (Lipinski definition) is 3. The summed E-state index contributed by atoms with van der Waals surface area (Å²) < 4.78 is 5.55. The smallest absolute Gasteiger partial charge is 0.410 e. The SMILES string of the molecule is C[C@@H]1OC(C)(C)N(C(=O)O)[C@H]1C(C)(C)O. The lowest BCUT2D eigenvalue weighted by Gasteiger charge is -2.36. The molecule has 0 bridgehead atoms. The molecule has 0 aromatic rings. The molecule has 1 rings (SSSR count). The van der Waals surface area contributed by atoms with Crippen molar-refractivity contribution < 1.29 is 19.7 Å². The average molecular weight is 217 g/mol. The van der Waals surface area contributed by atoms with Gasteiger partial charge in [0.05, 0.1) is 17.7 Å².